The Morgan fingerprint density at radius 2 is 1.80 bits per heavy atom. The fourth-order valence-corrected chi connectivity index (χ4v) is 0. The van der Waals surface area contributed by atoms with E-state index in [-0.39, 0.29) is 0 Å². The first-order valence-electron chi connectivity index (χ1n) is 1.56. The second-order valence-corrected chi connectivity index (χ2v) is 1.55. The normalized spacial score (nSPS) is 9.60. The van der Waals surface area contributed by atoms with Crippen molar-refractivity contribution < 1.29 is 0 Å². The van der Waals surface area contributed by atoms with Crippen LogP contribution in [0.25, 0.3) is 0 Å². The van der Waals surface area contributed by atoms with E-state index in [0.717, 1.165) is 6.17 Å². The lowest BCUT2D eigenvalue weighted by atomic mass is 11.0. The maximum Gasteiger partial charge on any atom is 0.0432 e. The zero-order chi connectivity index (χ0) is 4.28. The molecule has 0 amide bonds. The lowest BCUT2D eigenvalue weighted by Gasteiger charge is -1.99. The standard InChI is InChI=1S/C3H8NSi/c1-4(2)3-5/h3H2,1-2H3. The molecule has 0 rings (SSSR count). The molecule has 0 aromatic rings. The van der Waals surface area contributed by atoms with E-state index in [2.05, 4.69) is 10.2 Å². The van der Waals surface area contributed by atoms with Gasteiger partial charge in [0.05, 0.1) is 0 Å². The summed E-state index contributed by atoms with van der Waals surface area (Å²) in [5.74, 6) is 0. The van der Waals surface area contributed by atoms with Gasteiger partial charge in [-0.05, 0) is 20.3 Å². The van der Waals surface area contributed by atoms with Crippen LogP contribution >= 0.6 is 0 Å². The number of hydrogen-bond acceptors (Lipinski definition) is 1. The molecule has 0 aromatic heterocycles. The van der Waals surface area contributed by atoms with Gasteiger partial charge >= 0.3 is 0 Å². The van der Waals surface area contributed by atoms with Crippen molar-refractivity contribution in [3.05, 3.63) is 0 Å². The first kappa shape index (κ1) is 5.18. The summed E-state index contributed by atoms with van der Waals surface area (Å²) < 4.78 is 0. The lowest BCUT2D eigenvalue weighted by molar-refractivity contribution is 0.480. The molecule has 5 heavy (non-hydrogen) atoms. The molecule has 3 radical (unpaired) electrons. The molecule has 0 aromatic carbocycles. The molecule has 0 aliphatic carbocycles. The summed E-state index contributed by atoms with van der Waals surface area (Å²) in [4.78, 5) is 2.04. The van der Waals surface area contributed by atoms with Crippen molar-refractivity contribution in [1.29, 1.82) is 0 Å². The zero-order valence-electron chi connectivity index (χ0n) is 3.65. The Morgan fingerprint density at radius 1 is 1.60 bits per heavy atom. The van der Waals surface area contributed by atoms with Gasteiger partial charge in [-0.2, -0.15) is 0 Å². The van der Waals surface area contributed by atoms with Gasteiger partial charge in [0.2, 0.25) is 0 Å². The van der Waals surface area contributed by atoms with Gasteiger partial charge in [-0.1, -0.05) is 0 Å². The molecule has 0 fully saturated rings. The minimum Gasteiger partial charge on any atom is -0.313 e. The van der Waals surface area contributed by atoms with E-state index >= 15 is 0 Å². The van der Waals surface area contributed by atoms with Crippen molar-refractivity contribution in [3.63, 3.8) is 0 Å². The smallest absolute Gasteiger partial charge is 0.0432 e. The number of nitrogens with zero attached hydrogens (tertiary/aromatic N) is 1. The van der Waals surface area contributed by atoms with Crippen molar-refractivity contribution >= 4 is 10.2 Å². The summed E-state index contributed by atoms with van der Waals surface area (Å²) >= 11 is 0. The SMILES string of the molecule is CN(C)C[Si]. The van der Waals surface area contributed by atoms with Crippen LogP contribution < -0.4 is 0 Å². The Bertz CT molecular complexity index is 20.9. The Labute approximate surface area is 36.4 Å². The van der Waals surface area contributed by atoms with Gasteiger partial charge in [-0.15, -0.1) is 0 Å². The van der Waals surface area contributed by atoms with Crippen LogP contribution in [0, 0.1) is 0 Å². The molecule has 0 unspecified atom stereocenters. The summed E-state index contributed by atoms with van der Waals surface area (Å²) in [6.45, 7) is 0. The lowest BCUT2D eigenvalue weighted by Crippen LogP contribution is -2.11. The first-order chi connectivity index (χ1) is 2.27. The van der Waals surface area contributed by atoms with Crippen molar-refractivity contribution in [3.8, 4) is 0 Å². The van der Waals surface area contributed by atoms with Crippen LogP contribution in [-0.4, -0.2) is 35.4 Å². The quantitative estimate of drug-likeness (QED) is 0.395. The molecule has 0 saturated carbocycles. The molecule has 0 aliphatic heterocycles. The largest absolute Gasteiger partial charge is 0.313 e. The van der Waals surface area contributed by atoms with E-state index in [9.17, 15) is 0 Å². The minimum atomic E-state index is 0.944. The number of hydrogen-bond donors (Lipinski definition) is 0. The van der Waals surface area contributed by atoms with Gasteiger partial charge in [0, 0.05) is 10.2 Å². The molecule has 0 saturated heterocycles. The molecule has 0 N–H and O–H groups in total. The zero-order valence-corrected chi connectivity index (χ0v) is 4.65. The third-order valence-electron chi connectivity index (χ3n) is 0.316. The topological polar surface area (TPSA) is 3.24 Å². The van der Waals surface area contributed by atoms with Crippen LogP contribution in [0.15, 0.2) is 0 Å². The Balaban J connectivity index is 2.54. The van der Waals surface area contributed by atoms with E-state index in [4.69, 9.17) is 0 Å². The number of rotatable bonds is 1. The second-order valence-electron chi connectivity index (χ2n) is 1.24. The van der Waals surface area contributed by atoms with Crippen LogP contribution in [0.1, 0.15) is 0 Å². The maximum atomic E-state index is 3.28. The van der Waals surface area contributed by atoms with Crippen LogP contribution in [0.2, 0.25) is 0 Å². The van der Waals surface area contributed by atoms with Gasteiger partial charge < -0.3 is 4.90 Å². The minimum absolute atomic E-state index is 0.944. The van der Waals surface area contributed by atoms with Crippen LogP contribution in [0.4, 0.5) is 0 Å². The monoisotopic (exact) mass is 86.0 g/mol. The van der Waals surface area contributed by atoms with Gasteiger partial charge in [0.25, 0.3) is 0 Å². The van der Waals surface area contributed by atoms with Crippen LogP contribution in [0.3, 0.4) is 0 Å². The molecular formula is C3H8NSi. The molecule has 0 heterocycles. The highest BCUT2D eigenvalue weighted by molar-refractivity contribution is 6.08. The van der Waals surface area contributed by atoms with Gasteiger partial charge in [-0.3, -0.25) is 0 Å². The average Bonchev–Trinajstić information content (AvgIpc) is 1.38. The van der Waals surface area contributed by atoms with E-state index in [0.29, 0.717) is 0 Å². The molecular weight excluding hydrogens is 78.1 g/mol. The summed E-state index contributed by atoms with van der Waals surface area (Å²) in [6, 6.07) is 0. The van der Waals surface area contributed by atoms with Crippen LogP contribution in [-0.2, 0) is 0 Å². The van der Waals surface area contributed by atoms with Crippen molar-refractivity contribution in [2.24, 2.45) is 0 Å². The van der Waals surface area contributed by atoms with Crippen molar-refractivity contribution in [1.82, 2.24) is 4.90 Å². The fourth-order valence-electron chi connectivity index (χ4n) is 0. The molecule has 1 nitrogen and oxygen atoms in total. The highest BCUT2D eigenvalue weighted by Gasteiger charge is 1.72. The maximum absolute atomic E-state index is 3.28. The highest BCUT2D eigenvalue weighted by atomic mass is 28.1. The summed E-state index contributed by atoms with van der Waals surface area (Å²) in [5, 5.41) is 0. The van der Waals surface area contributed by atoms with Gasteiger partial charge in [0.15, 0.2) is 0 Å². The van der Waals surface area contributed by atoms with E-state index in [1.165, 1.54) is 0 Å². The van der Waals surface area contributed by atoms with Gasteiger partial charge in [-0.25, -0.2) is 0 Å². The summed E-state index contributed by atoms with van der Waals surface area (Å²) in [5.41, 5.74) is 0. The molecule has 0 aliphatic rings. The molecule has 2 heteroatoms. The van der Waals surface area contributed by atoms with E-state index in [1.807, 2.05) is 19.0 Å². The third-order valence-corrected chi connectivity index (χ3v) is 0.949. The first-order valence-corrected chi connectivity index (χ1v) is 2.27. The highest BCUT2D eigenvalue weighted by Crippen LogP contribution is 1.58. The van der Waals surface area contributed by atoms with Crippen LogP contribution in [0.5, 0.6) is 0 Å². The summed E-state index contributed by atoms with van der Waals surface area (Å²) in [7, 11) is 7.29. The van der Waals surface area contributed by atoms with E-state index < -0.39 is 0 Å². The molecule has 29 valence electrons. The van der Waals surface area contributed by atoms with Gasteiger partial charge in [0.1, 0.15) is 0 Å². The second kappa shape index (κ2) is 2.42. The third kappa shape index (κ3) is 4.18. The van der Waals surface area contributed by atoms with E-state index in [1.54, 1.807) is 0 Å². The predicted octanol–water partition coefficient (Wildman–Crippen LogP) is -0.326. The molecule has 0 atom stereocenters. The predicted molar refractivity (Wildman–Crippen MR) is 24.3 cm³/mol. The average molecular weight is 86.2 g/mol. The Morgan fingerprint density at radius 3 is 1.80 bits per heavy atom. The fraction of sp³-hybridized carbons (Fsp3) is 1.00. The Hall–Kier alpha value is 0.177. The molecule has 0 spiro atoms. The van der Waals surface area contributed by atoms with Crippen molar-refractivity contribution in [2.45, 2.75) is 0 Å². The Kier molecular flexibility index (Phi) is 2.50. The summed E-state index contributed by atoms with van der Waals surface area (Å²) in [6.07, 6.45) is 0.944. The van der Waals surface area contributed by atoms with Crippen molar-refractivity contribution in [2.75, 3.05) is 20.3 Å². The molecule has 0 bridgehead atoms.